The predicted molar refractivity (Wildman–Crippen MR) is 107 cm³/mol. The first-order valence-electron chi connectivity index (χ1n) is 9.05. The number of hydrogen-bond donors (Lipinski definition) is 0. The molecule has 0 spiro atoms. The van der Waals surface area contributed by atoms with Gasteiger partial charge in [-0.25, -0.2) is 0 Å². The molecule has 3 nitrogen and oxygen atoms in total. The van der Waals surface area contributed by atoms with Crippen molar-refractivity contribution >= 4 is 11.4 Å². The molecule has 0 bridgehead atoms. The maximum atomic E-state index is 5.55. The standard InChI is InChI=1S/C23H22N2O/c1-2-26-21-15-13-18(14-16-21)22-17-23(19-9-5-3-6-10-19)25(24-22)20-11-7-4-8-12-20/h3-16,23H,2,17H2,1H3/t23-/m1/s1. The van der Waals surface area contributed by atoms with Gasteiger partial charge in [0.05, 0.1) is 24.0 Å². The van der Waals surface area contributed by atoms with E-state index in [-0.39, 0.29) is 6.04 Å². The molecule has 1 heterocycles. The van der Waals surface area contributed by atoms with Crippen molar-refractivity contribution in [2.75, 3.05) is 11.6 Å². The largest absolute Gasteiger partial charge is 0.494 e. The van der Waals surface area contributed by atoms with Crippen molar-refractivity contribution in [2.24, 2.45) is 5.10 Å². The van der Waals surface area contributed by atoms with Crippen molar-refractivity contribution in [1.29, 1.82) is 0 Å². The summed E-state index contributed by atoms with van der Waals surface area (Å²) in [6.07, 6.45) is 0.882. The summed E-state index contributed by atoms with van der Waals surface area (Å²) in [6.45, 7) is 2.68. The van der Waals surface area contributed by atoms with Gasteiger partial charge >= 0.3 is 0 Å². The Kier molecular flexibility index (Phi) is 4.69. The molecule has 0 saturated carbocycles. The van der Waals surface area contributed by atoms with Gasteiger partial charge < -0.3 is 4.74 Å². The van der Waals surface area contributed by atoms with Crippen molar-refractivity contribution in [3.8, 4) is 5.75 Å². The lowest BCUT2D eigenvalue weighted by atomic mass is 9.98. The Hall–Kier alpha value is -3.07. The summed E-state index contributed by atoms with van der Waals surface area (Å²) in [7, 11) is 0. The molecule has 0 radical (unpaired) electrons. The fourth-order valence-corrected chi connectivity index (χ4v) is 3.35. The lowest BCUT2D eigenvalue weighted by Gasteiger charge is -2.23. The number of para-hydroxylation sites is 1. The smallest absolute Gasteiger partial charge is 0.119 e. The van der Waals surface area contributed by atoms with Crippen molar-refractivity contribution in [3.63, 3.8) is 0 Å². The highest BCUT2D eigenvalue weighted by molar-refractivity contribution is 6.03. The van der Waals surface area contributed by atoms with Crippen LogP contribution >= 0.6 is 0 Å². The highest BCUT2D eigenvalue weighted by Gasteiger charge is 2.29. The number of rotatable bonds is 5. The Morgan fingerprint density at radius 3 is 2.19 bits per heavy atom. The zero-order valence-electron chi connectivity index (χ0n) is 14.9. The minimum absolute atomic E-state index is 0.208. The molecule has 3 aromatic carbocycles. The number of benzene rings is 3. The van der Waals surface area contributed by atoms with E-state index in [4.69, 9.17) is 9.84 Å². The SMILES string of the molecule is CCOc1ccc(C2=NN(c3ccccc3)[C@@H](c3ccccc3)C2)cc1. The maximum absolute atomic E-state index is 5.55. The predicted octanol–water partition coefficient (Wildman–Crippen LogP) is 5.44. The first-order chi connectivity index (χ1) is 12.8. The van der Waals surface area contributed by atoms with E-state index in [2.05, 4.69) is 71.7 Å². The monoisotopic (exact) mass is 342 g/mol. The van der Waals surface area contributed by atoms with Crippen molar-refractivity contribution in [1.82, 2.24) is 0 Å². The van der Waals surface area contributed by atoms with Gasteiger partial charge in [-0.15, -0.1) is 0 Å². The molecule has 0 fully saturated rings. The quantitative estimate of drug-likeness (QED) is 0.616. The normalized spacial score (nSPS) is 16.4. The molecule has 1 atom stereocenters. The van der Waals surface area contributed by atoms with Crippen LogP contribution in [0.5, 0.6) is 5.75 Å². The Balaban J connectivity index is 1.68. The van der Waals surface area contributed by atoms with Crippen LogP contribution in [0, 0.1) is 0 Å². The summed E-state index contributed by atoms with van der Waals surface area (Å²) >= 11 is 0. The second-order valence-electron chi connectivity index (χ2n) is 6.31. The molecule has 130 valence electrons. The van der Waals surface area contributed by atoms with Crippen LogP contribution in [0.1, 0.15) is 30.5 Å². The van der Waals surface area contributed by atoms with Gasteiger partial charge in [-0.3, -0.25) is 5.01 Å². The Morgan fingerprint density at radius 1 is 0.885 bits per heavy atom. The average molecular weight is 342 g/mol. The molecule has 0 aliphatic carbocycles. The first kappa shape index (κ1) is 16.4. The molecule has 3 aromatic rings. The van der Waals surface area contributed by atoms with Crippen molar-refractivity contribution < 1.29 is 4.74 Å². The van der Waals surface area contributed by atoms with Crippen LogP contribution in [-0.4, -0.2) is 12.3 Å². The molecule has 0 amide bonds. The van der Waals surface area contributed by atoms with E-state index in [1.165, 1.54) is 5.56 Å². The number of anilines is 1. The average Bonchev–Trinajstić information content (AvgIpc) is 3.16. The number of nitrogens with zero attached hydrogens (tertiary/aromatic N) is 2. The molecule has 0 unspecified atom stereocenters. The van der Waals surface area contributed by atoms with Gasteiger partial charge in [0.1, 0.15) is 5.75 Å². The van der Waals surface area contributed by atoms with Crippen LogP contribution < -0.4 is 9.75 Å². The number of hydrogen-bond acceptors (Lipinski definition) is 3. The molecule has 1 aliphatic rings. The minimum atomic E-state index is 0.208. The van der Waals surface area contributed by atoms with E-state index in [0.29, 0.717) is 6.61 Å². The van der Waals surface area contributed by atoms with Crippen LogP contribution in [0.3, 0.4) is 0 Å². The van der Waals surface area contributed by atoms with Crippen LogP contribution in [-0.2, 0) is 0 Å². The highest BCUT2D eigenvalue weighted by atomic mass is 16.5. The second kappa shape index (κ2) is 7.44. The molecule has 0 aromatic heterocycles. The zero-order valence-corrected chi connectivity index (χ0v) is 14.9. The fourth-order valence-electron chi connectivity index (χ4n) is 3.35. The van der Waals surface area contributed by atoms with E-state index in [9.17, 15) is 0 Å². The highest BCUT2D eigenvalue weighted by Crippen LogP contribution is 2.36. The van der Waals surface area contributed by atoms with Gasteiger partial charge in [-0.1, -0.05) is 48.5 Å². The first-order valence-corrected chi connectivity index (χ1v) is 9.05. The second-order valence-corrected chi connectivity index (χ2v) is 6.31. The van der Waals surface area contributed by atoms with Gasteiger partial charge in [-0.05, 0) is 54.4 Å². The van der Waals surface area contributed by atoms with Gasteiger partial charge in [0, 0.05) is 6.42 Å². The molecular formula is C23H22N2O. The van der Waals surface area contributed by atoms with Crippen molar-refractivity contribution in [3.05, 3.63) is 96.1 Å². The Labute approximate surface area is 154 Å². The van der Waals surface area contributed by atoms with Gasteiger partial charge in [0.25, 0.3) is 0 Å². The van der Waals surface area contributed by atoms with Crippen LogP contribution in [0.25, 0.3) is 0 Å². The summed E-state index contributed by atoms with van der Waals surface area (Å²) < 4.78 is 5.55. The van der Waals surface area contributed by atoms with Crippen LogP contribution in [0.15, 0.2) is 90.0 Å². The summed E-state index contributed by atoms with van der Waals surface area (Å²) in [5.41, 5.74) is 4.64. The topological polar surface area (TPSA) is 24.8 Å². The third-order valence-corrected chi connectivity index (χ3v) is 4.61. The molecule has 4 rings (SSSR count). The maximum Gasteiger partial charge on any atom is 0.119 e. The van der Waals surface area contributed by atoms with Gasteiger partial charge in [-0.2, -0.15) is 5.10 Å². The molecule has 26 heavy (non-hydrogen) atoms. The Bertz CT molecular complexity index is 873. The third kappa shape index (κ3) is 3.33. The summed E-state index contributed by atoms with van der Waals surface area (Å²) in [4.78, 5) is 0. The van der Waals surface area contributed by atoms with E-state index in [0.717, 1.165) is 29.1 Å². The minimum Gasteiger partial charge on any atom is -0.494 e. The van der Waals surface area contributed by atoms with E-state index >= 15 is 0 Å². The Morgan fingerprint density at radius 2 is 1.54 bits per heavy atom. The van der Waals surface area contributed by atoms with Crippen molar-refractivity contribution in [2.45, 2.75) is 19.4 Å². The summed E-state index contributed by atoms with van der Waals surface area (Å²) in [6, 6.07) is 29.4. The molecule has 0 N–H and O–H groups in total. The van der Waals surface area contributed by atoms with Gasteiger partial charge in [0.2, 0.25) is 0 Å². The lowest BCUT2D eigenvalue weighted by molar-refractivity contribution is 0.340. The molecule has 3 heteroatoms. The molecular weight excluding hydrogens is 320 g/mol. The zero-order chi connectivity index (χ0) is 17.8. The van der Waals surface area contributed by atoms with Crippen LogP contribution in [0.4, 0.5) is 5.69 Å². The molecule has 0 saturated heterocycles. The summed E-state index contributed by atoms with van der Waals surface area (Å²) in [5, 5.41) is 7.11. The number of ether oxygens (including phenoxy) is 1. The van der Waals surface area contributed by atoms with E-state index in [1.807, 2.05) is 25.1 Å². The fraction of sp³-hybridized carbons (Fsp3) is 0.174. The van der Waals surface area contributed by atoms with Gasteiger partial charge in [0.15, 0.2) is 0 Å². The van der Waals surface area contributed by atoms with E-state index in [1.54, 1.807) is 0 Å². The summed E-state index contributed by atoms with van der Waals surface area (Å²) in [5.74, 6) is 0.898. The number of hydrazone groups is 1. The lowest BCUT2D eigenvalue weighted by Crippen LogP contribution is -2.18. The van der Waals surface area contributed by atoms with E-state index < -0.39 is 0 Å². The van der Waals surface area contributed by atoms with Crippen LogP contribution in [0.2, 0.25) is 0 Å². The molecule has 1 aliphatic heterocycles. The third-order valence-electron chi connectivity index (χ3n) is 4.61.